The minimum Gasteiger partial charge on any atom is -0.497 e. The molecule has 1 saturated heterocycles. The zero-order chi connectivity index (χ0) is 21.1. The molecule has 2 heterocycles. The highest BCUT2D eigenvalue weighted by Gasteiger charge is 2.25. The van der Waals surface area contributed by atoms with Crippen LogP contribution in [0.4, 0.5) is 15.2 Å². The van der Waals surface area contributed by atoms with Crippen LogP contribution < -0.4 is 15.0 Å². The monoisotopic (exact) mass is 428 g/mol. The van der Waals surface area contributed by atoms with E-state index in [9.17, 15) is 9.18 Å². The van der Waals surface area contributed by atoms with Crippen molar-refractivity contribution in [3.8, 4) is 5.75 Å². The van der Waals surface area contributed by atoms with E-state index in [1.165, 1.54) is 23.5 Å². The van der Waals surface area contributed by atoms with Gasteiger partial charge in [-0.2, -0.15) is 0 Å². The van der Waals surface area contributed by atoms with Gasteiger partial charge in [0.25, 0.3) is 0 Å². The van der Waals surface area contributed by atoms with Crippen LogP contribution >= 0.6 is 11.3 Å². The Morgan fingerprint density at radius 1 is 1.17 bits per heavy atom. The van der Waals surface area contributed by atoms with Crippen LogP contribution in [0.25, 0.3) is 10.2 Å². The minimum absolute atomic E-state index is 0.0903. The van der Waals surface area contributed by atoms with E-state index in [-0.39, 0.29) is 17.8 Å². The molecule has 1 aliphatic rings. The molecule has 3 aromatic rings. The van der Waals surface area contributed by atoms with E-state index in [4.69, 9.17) is 4.74 Å². The predicted octanol–water partition coefficient (Wildman–Crippen LogP) is 3.98. The van der Waals surface area contributed by atoms with Crippen LogP contribution in [-0.2, 0) is 4.79 Å². The van der Waals surface area contributed by atoms with Crippen molar-refractivity contribution in [2.24, 2.45) is 0 Å². The fourth-order valence-electron chi connectivity index (χ4n) is 3.70. The molecule has 8 heteroatoms. The zero-order valence-electron chi connectivity index (χ0n) is 17.1. The van der Waals surface area contributed by atoms with Gasteiger partial charge in [0.2, 0.25) is 5.91 Å². The Bertz CT molecular complexity index is 1020. The largest absolute Gasteiger partial charge is 0.497 e. The summed E-state index contributed by atoms with van der Waals surface area (Å²) in [5.74, 6) is 0.453. The van der Waals surface area contributed by atoms with Crippen molar-refractivity contribution < 1.29 is 13.9 Å². The molecule has 0 spiro atoms. The van der Waals surface area contributed by atoms with Gasteiger partial charge in [-0.3, -0.25) is 9.69 Å². The maximum Gasteiger partial charge on any atom is 0.243 e. The number of ether oxygens (including phenoxy) is 1. The Balaban J connectivity index is 1.37. The molecule has 0 radical (unpaired) electrons. The fourth-order valence-corrected chi connectivity index (χ4v) is 4.60. The highest BCUT2D eigenvalue weighted by atomic mass is 32.1. The quantitative estimate of drug-likeness (QED) is 0.666. The number of anilines is 2. The number of nitrogens with zero attached hydrogens (tertiary/aromatic N) is 3. The zero-order valence-corrected chi connectivity index (χ0v) is 17.9. The van der Waals surface area contributed by atoms with E-state index < -0.39 is 0 Å². The Kier molecular flexibility index (Phi) is 6.15. The number of carbonyl (C=O) groups is 1. The summed E-state index contributed by atoms with van der Waals surface area (Å²) < 4.78 is 19.3. The number of aromatic nitrogens is 1. The summed E-state index contributed by atoms with van der Waals surface area (Å²) in [6.45, 7) is 5.37. The maximum atomic E-state index is 13.4. The van der Waals surface area contributed by atoms with Crippen LogP contribution in [0.3, 0.4) is 0 Å². The van der Waals surface area contributed by atoms with Crippen LogP contribution in [0.15, 0.2) is 42.5 Å². The van der Waals surface area contributed by atoms with Crippen molar-refractivity contribution >= 4 is 38.3 Å². The van der Waals surface area contributed by atoms with Gasteiger partial charge in [0, 0.05) is 31.9 Å². The molecule has 1 N–H and O–H groups in total. The molecule has 4 rings (SSSR count). The normalized spacial score (nSPS) is 16.3. The van der Waals surface area contributed by atoms with Gasteiger partial charge < -0.3 is 15.0 Å². The van der Waals surface area contributed by atoms with Crippen molar-refractivity contribution in [2.75, 3.05) is 43.5 Å². The third-order valence-electron chi connectivity index (χ3n) is 5.48. The second kappa shape index (κ2) is 8.97. The van der Waals surface area contributed by atoms with Crippen LogP contribution in [0.2, 0.25) is 0 Å². The van der Waals surface area contributed by atoms with Gasteiger partial charge >= 0.3 is 0 Å². The molecule has 1 amide bonds. The second-order valence-corrected chi connectivity index (χ2v) is 8.40. The number of benzene rings is 2. The SMILES string of the molecule is COc1ccc(N2CCCN(C(C)C(=O)Nc3nc4ccc(F)cc4s3)CC2)cc1. The minimum atomic E-state index is -0.302. The molecule has 0 bridgehead atoms. The van der Waals surface area contributed by atoms with E-state index in [0.717, 1.165) is 48.7 Å². The first-order valence-corrected chi connectivity index (χ1v) is 10.8. The number of hydrogen-bond acceptors (Lipinski definition) is 6. The van der Waals surface area contributed by atoms with Crippen LogP contribution in [0.1, 0.15) is 13.3 Å². The standard InChI is InChI=1S/C22H25FN4O2S/c1-15(21(28)25-22-24-19-9-4-16(23)14-20(19)30-22)26-10-3-11-27(13-12-26)17-5-7-18(29-2)8-6-17/h4-9,14-15H,3,10-13H2,1-2H3,(H,24,25,28). The molecule has 1 aromatic heterocycles. The molecule has 0 saturated carbocycles. The summed E-state index contributed by atoms with van der Waals surface area (Å²) in [6, 6.07) is 12.3. The van der Waals surface area contributed by atoms with E-state index in [1.54, 1.807) is 13.2 Å². The number of nitrogens with one attached hydrogen (secondary N) is 1. The number of hydrogen-bond donors (Lipinski definition) is 1. The van der Waals surface area contributed by atoms with Gasteiger partial charge in [-0.15, -0.1) is 0 Å². The summed E-state index contributed by atoms with van der Waals surface area (Å²) in [7, 11) is 1.66. The third-order valence-corrected chi connectivity index (χ3v) is 6.41. The van der Waals surface area contributed by atoms with Crippen molar-refractivity contribution in [2.45, 2.75) is 19.4 Å². The van der Waals surface area contributed by atoms with Crippen LogP contribution in [0, 0.1) is 5.82 Å². The molecule has 1 fully saturated rings. The number of fused-ring (bicyclic) bond motifs is 1. The lowest BCUT2D eigenvalue weighted by molar-refractivity contribution is -0.120. The number of thiazole rings is 1. The molecule has 2 aromatic carbocycles. The molecular weight excluding hydrogens is 403 g/mol. The summed E-state index contributed by atoms with van der Waals surface area (Å²) in [5.41, 5.74) is 1.85. The first-order valence-electron chi connectivity index (χ1n) is 10.0. The summed E-state index contributed by atoms with van der Waals surface area (Å²) in [4.78, 5) is 21.7. The highest BCUT2D eigenvalue weighted by Crippen LogP contribution is 2.27. The Morgan fingerprint density at radius 3 is 2.73 bits per heavy atom. The lowest BCUT2D eigenvalue weighted by Crippen LogP contribution is -2.43. The maximum absolute atomic E-state index is 13.4. The van der Waals surface area contributed by atoms with Crippen molar-refractivity contribution in [3.63, 3.8) is 0 Å². The topological polar surface area (TPSA) is 57.7 Å². The Labute approximate surface area is 179 Å². The molecule has 30 heavy (non-hydrogen) atoms. The van der Waals surface area contributed by atoms with Gasteiger partial charge in [-0.1, -0.05) is 11.3 Å². The van der Waals surface area contributed by atoms with Crippen LogP contribution in [-0.4, -0.2) is 55.1 Å². The van der Waals surface area contributed by atoms with Crippen molar-refractivity contribution in [3.05, 3.63) is 48.3 Å². The van der Waals surface area contributed by atoms with Gasteiger partial charge in [0.15, 0.2) is 5.13 Å². The molecule has 1 unspecified atom stereocenters. The number of carbonyl (C=O) groups excluding carboxylic acids is 1. The van der Waals surface area contributed by atoms with E-state index in [0.29, 0.717) is 10.6 Å². The average Bonchev–Trinajstić information content (AvgIpc) is 2.98. The summed E-state index contributed by atoms with van der Waals surface area (Å²) in [5, 5.41) is 3.40. The second-order valence-electron chi connectivity index (χ2n) is 7.37. The average molecular weight is 429 g/mol. The molecule has 0 aliphatic carbocycles. The van der Waals surface area contributed by atoms with E-state index >= 15 is 0 Å². The summed E-state index contributed by atoms with van der Waals surface area (Å²) >= 11 is 1.29. The predicted molar refractivity (Wildman–Crippen MR) is 119 cm³/mol. The van der Waals surface area contributed by atoms with Gasteiger partial charge in [0.1, 0.15) is 11.6 Å². The fraction of sp³-hybridized carbons (Fsp3) is 0.364. The molecule has 6 nitrogen and oxygen atoms in total. The molecular formula is C22H25FN4O2S. The molecule has 1 aliphatic heterocycles. The highest BCUT2D eigenvalue weighted by molar-refractivity contribution is 7.22. The third kappa shape index (κ3) is 4.55. The molecule has 158 valence electrons. The number of halogens is 1. The van der Waals surface area contributed by atoms with Crippen LogP contribution in [0.5, 0.6) is 5.75 Å². The van der Waals surface area contributed by atoms with E-state index in [2.05, 4.69) is 32.2 Å². The Morgan fingerprint density at radius 2 is 1.97 bits per heavy atom. The van der Waals surface area contributed by atoms with E-state index in [1.807, 2.05) is 19.1 Å². The number of amides is 1. The number of methoxy groups -OCH3 is 1. The first kappa shape index (κ1) is 20.6. The van der Waals surface area contributed by atoms with Crippen molar-refractivity contribution in [1.29, 1.82) is 0 Å². The van der Waals surface area contributed by atoms with Gasteiger partial charge in [-0.25, -0.2) is 9.37 Å². The lowest BCUT2D eigenvalue weighted by atomic mass is 10.2. The lowest BCUT2D eigenvalue weighted by Gasteiger charge is -2.27. The van der Waals surface area contributed by atoms with Gasteiger partial charge in [0.05, 0.1) is 23.4 Å². The smallest absolute Gasteiger partial charge is 0.243 e. The first-order chi connectivity index (χ1) is 14.5. The van der Waals surface area contributed by atoms with Gasteiger partial charge in [-0.05, 0) is 55.8 Å². The summed E-state index contributed by atoms with van der Waals surface area (Å²) in [6.07, 6.45) is 0.976. The number of rotatable bonds is 5. The molecule has 1 atom stereocenters. The van der Waals surface area contributed by atoms with Crippen molar-refractivity contribution in [1.82, 2.24) is 9.88 Å². The Hall–Kier alpha value is -2.71.